The van der Waals surface area contributed by atoms with E-state index >= 15 is 0 Å². The molecule has 0 aliphatic heterocycles. The monoisotopic (exact) mass is 347 g/mol. The van der Waals surface area contributed by atoms with E-state index in [9.17, 15) is 4.79 Å². The van der Waals surface area contributed by atoms with E-state index < -0.39 is 0 Å². The Hall–Kier alpha value is -2.54. The van der Waals surface area contributed by atoms with Crippen LogP contribution >= 0.6 is 0 Å². The predicted molar refractivity (Wildman–Crippen MR) is 93.9 cm³/mol. The van der Waals surface area contributed by atoms with Crippen LogP contribution in [0.4, 0.5) is 0 Å². The topological polar surface area (TPSA) is 99.6 Å². The molecule has 7 nitrogen and oxygen atoms in total. The van der Waals surface area contributed by atoms with E-state index in [1.165, 1.54) is 6.26 Å². The third kappa shape index (κ3) is 4.73. The fourth-order valence-electron chi connectivity index (χ4n) is 2.31. The van der Waals surface area contributed by atoms with E-state index in [1.807, 2.05) is 32.0 Å². The molecule has 1 heterocycles. The van der Waals surface area contributed by atoms with Gasteiger partial charge >= 0.3 is 0 Å². The second-order valence-corrected chi connectivity index (χ2v) is 6.02. The first-order valence-electron chi connectivity index (χ1n) is 8.16. The third-order valence-corrected chi connectivity index (χ3v) is 3.93. The van der Waals surface area contributed by atoms with Crippen molar-refractivity contribution in [1.29, 1.82) is 0 Å². The molecule has 1 amide bonds. The molecule has 7 heteroatoms. The van der Waals surface area contributed by atoms with Crippen molar-refractivity contribution >= 4 is 5.91 Å². The smallest absolute Gasteiger partial charge is 0.273 e. The largest absolute Gasteiger partial charge is 0.497 e. The maximum Gasteiger partial charge on any atom is 0.273 e. The highest BCUT2D eigenvalue weighted by Gasteiger charge is 2.19. The zero-order chi connectivity index (χ0) is 18.4. The Balaban J connectivity index is 1.95. The lowest BCUT2D eigenvalue weighted by Crippen LogP contribution is -2.26. The quantitative estimate of drug-likeness (QED) is 0.760. The van der Waals surface area contributed by atoms with Crippen molar-refractivity contribution in [3.8, 4) is 11.5 Å². The SMILES string of the molecule is COc1ccc(OC)c(CCNC(=O)c2coc(C(N)C(C)C)n2)c1. The molecule has 136 valence electrons. The molecule has 1 aromatic heterocycles. The molecule has 2 aromatic rings. The number of ether oxygens (including phenoxy) is 2. The van der Waals surface area contributed by atoms with Crippen LogP contribution in [0.5, 0.6) is 11.5 Å². The van der Waals surface area contributed by atoms with Crippen LogP contribution in [0.25, 0.3) is 0 Å². The van der Waals surface area contributed by atoms with Gasteiger partial charge in [-0.15, -0.1) is 0 Å². The first-order chi connectivity index (χ1) is 12.0. The summed E-state index contributed by atoms with van der Waals surface area (Å²) in [4.78, 5) is 16.4. The van der Waals surface area contributed by atoms with Crippen molar-refractivity contribution < 1.29 is 18.7 Å². The van der Waals surface area contributed by atoms with Gasteiger partial charge in [0.15, 0.2) is 5.69 Å². The van der Waals surface area contributed by atoms with Crippen LogP contribution in [0, 0.1) is 5.92 Å². The minimum Gasteiger partial charge on any atom is -0.497 e. The minimum atomic E-state index is -0.331. The number of rotatable bonds is 8. The van der Waals surface area contributed by atoms with Gasteiger partial charge in [0, 0.05) is 6.54 Å². The van der Waals surface area contributed by atoms with Crippen molar-refractivity contribution in [1.82, 2.24) is 10.3 Å². The van der Waals surface area contributed by atoms with Gasteiger partial charge in [0.2, 0.25) is 5.89 Å². The summed E-state index contributed by atoms with van der Waals surface area (Å²) >= 11 is 0. The average molecular weight is 347 g/mol. The Morgan fingerprint density at radius 3 is 2.72 bits per heavy atom. The molecular weight excluding hydrogens is 322 g/mol. The summed E-state index contributed by atoms with van der Waals surface area (Å²) in [5.41, 5.74) is 7.15. The molecule has 0 saturated carbocycles. The van der Waals surface area contributed by atoms with Crippen molar-refractivity contribution in [2.75, 3.05) is 20.8 Å². The summed E-state index contributed by atoms with van der Waals surface area (Å²) in [7, 11) is 3.22. The number of benzene rings is 1. The second-order valence-electron chi connectivity index (χ2n) is 6.02. The normalized spacial score (nSPS) is 12.1. The van der Waals surface area contributed by atoms with Crippen LogP contribution in [0.3, 0.4) is 0 Å². The molecule has 1 atom stereocenters. The van der Waals surface area contributed by atoms with E-state index in [0.29, 0.717) is 18.9 Å². The van der Waals surface area contributed by atoms with Crippen molar-refractivity contribution in [3.05, 3.63) is 41.6 Å². The molecule has 0 radical (unpaired) electrons. The van der Waals surface area contributed by atoms with Gasteiger partial charge in [-0.25, -0.2) is 4.98 Å². The van der Waals surface area contributed by atoms with Crippen molar-refractivity contribution in [2.24, 2.45) is 11.7 Å². The van der Waals surface area contributed by atoms with Crippen LogP contribution in [-0.2, 0) is 6.42 Å². The molecule has 0 aliphatic rings. The number of oxazole rings is 1. The standard InChI is InChI=1S/C18H25N3O4/c1-11(2)16(19)18-21-14(10-25-18)17(22)20-8-7-12-9-13(23-3)5-6-15(12)24-4/h5-6,9-11,16H,7-8,19H2,1-4H3,(H,20,22). The summed E-state index contributed by atoms with van der Waals surface area (Å²) < 4.78 is 15.9. The molecule has 3 N–H and O–H groups in total. The Bertz CT molecular complexity index is 712. The molecule has 0 spiro atoms. The lowest BCUT2D eigenvalue weighted by molar-refractivity contribution is 0.0949. The number of amides is 1. The predicted octanol–water partition coefficient (Wildman–Crippen LogP) is 2.32. The number of carbonyl (C=O) groups is 1. The van der Waals surface area contributed by atoms with Gasteiger partial charge in [-0.05, 0) is 36.1 Å². The highest BCUT2D eigenvalue weighted by molar-refractivity contribution is 5.91. The maximum atomic E-state index is 12.2. The second kappa shape index (κ2) is 8.53. The molecule has 0 fully saturated rings. The molecule has 0 bridgehead atoms. The number of carbonyl (C=O) groups excluding carboxylic acids is 1. The highest BCUT2D eigenvalue weighted by atomic mass is 16.5. The molecule has 0 aliphatic carbocycles. The number of methoxy groups -OCH3 is 2. The summed E-state index contributed by atoms with van der Waals surface area (Å²) in [6.45, 7) is 4.37. The summed E-state index contributed by atoms with van der Waals surface area (Å²) in [6.07, 6.45) is 1.93. The van der Waals surface area contributed by atoms with E-state index in [2.05, 4.69) is 10.3 Å². The van der Waals surface area contributed by atoms with Gasteiger partial charge in [0.05, 0.1) is 20.3 Å². The van der Waals surface area contributed by atoms with E-state index in [4.69, 9.17) is 19.6 Å². The van der Waals surface area contributed by atoms with Crippen molar-refractivity contribution in [2.45, 2.75) is 26.3 Å². The van der Waals surface area contributed by atoms with Crippen LogP contribution in [0.1, 0.15) is 41.8 Å². The van der Waals surface area contributed by atoms with Gasteiger partial charge in [-0.2, -0.15) is 0 Å². The van der Waals surface area contributed by atoms with Crippen LogP contribution in [-0.4, -0.2) is 31.7 Å². The number of hydrogen-bond donors (Lipinski definition) is 2. The first kappa shape index (κ1) is 18.8. The van der Waals surface area contributed by atoms with E-state index in [0.717, 1.165) is 17.1 Å². The molecule has 1 unspecified atom stereocenters. The maximum absolute atomic E-state index is 12.2. The number of nitrogens with one attached hydrogen (secondary N) is 1. The van der Waals surface area contributed by atoms with Crippen LogP contribution in [0.15, 0.2) is 28.9 Å². The zero-order valence-corrected chi connectivity index (χ0v) is 15.0. The fraction of sp³-hybridized carbons (Fsp3) is 0.444. The Morgan fingerprint density at radius 1 is 1.32 bits per heavy atom. The summed E-state index contributed by atoms with van der Waals surface area (Å²) in [6, 6.07) is 5.23. The molecular formula is C18H25N3O4. The van der Waals surface area contributed by atoms with E-state index in [-0.39, 0.29) is 23.6 Å². The number of nitrogens with zero attached hydrogens (tertiary/aromatic N) is 1. The number of aromatic nitrogens is 1. The fourth-order valence-corrected chi connectivity index (χ4v) is 2.31. The third-order valence-electron chi connectivity index (χ3n) is 3.93. The van der Waals surface area contributed by atoms with Gasteiger partial charge in [-0.1, -0.05) is 13.8 Å². The highest BCUT2D eigenvalue weighted by Crippen LogP contribution is 2.24. The Labute approximate surface area is 147 Å². The van der Waals surface area contributed by atoms with Gasteiger partial charge in [0.1, 0.15) is 17.8 Å². The van der Waals surface area contributed by atoms with Gasteiger partial charge < -0.3 is 24.9 Å². The molecule has 1 aromatic carbocycles. The van der Waals surface area contributed by atoms with Crippen LogP contribution in [0.2, 0.25) is 0 Å². The number of nitrogens with two attached hydrogens (primary N) is 1. The van der Waals surface area contributed by atoms with E-state index in [1.54, 1.807) is 14.2 Å². The lowest BCUT2D eigenvalue weighted by atomic mass is 10.1. The van der Waals surface area contributed by atoms with Crippen LogP contribution < -0.4 is 20.5 Å². The Kier molecular flexibility index (Phi) is 6.41. The lowest BCUT2D eigenvalue weighted by Gasteiger charge is -2.11. The average Bonchev–Trinajstić information content (AvgIpc) is 3.10. The molecule has 0 saturated heterocycles. The van der Waals surface area contributed by atoms with Crippen molar-refractivity contribution in [3.63, 3.8) is 0 Å². The Morgan fingerprint density at radius 2 is 2.08 bits per heavy atom. The summed E-state index contributed by atoms with van der Waals surface area (Å²) in [5, 5.41) is 2.82. The van der Waals surface area contributed by atoms with Gasteiger partial charge in [-0.3, -0.25) is 4.79 Å². The zero-order valence-electron chi connectivity index (χ0n) is 15.0. The molecule has 25 heavy (non-hydrogen) atoms. The number of hydrogen-bond acceptors (Lipinski definition) is 6. The first-order valence-corrected chi connectivity index (χ1v) is 8.16. The molecule has 2 rings (SSSR count). The summed E-state index contributed by atoms with van der Waals surface area (Å²) in [5.74, 6) is 1.74. The van der Waals surface area contributed by atoms with Gasteiger partial charge in [0.25, 0.3) is 5.91 Å². The minimum absolute atomic E-state index is 0.176.